The fourth-order valence-electron chi connectivity index (χ4n) is 0.902. The Balaban J connectivity index is 2.32. The van der Waals surface area contributed by atoms with Crippen molar-refractivity contribution in [1.29, 1.82) is 0 Å². The summed E-state index contributed by atoms with van der Waals surface area (Å²) in [5.74, 6) is 0. The van der Waals surface area contributed by atoms with Crippen molar-refractivity contribution in [2.24, 2.45) is 0 Å². The third-order valence-electron chi connectivity index (χ3n) is 1.46. The van der Waals surface area contributed by atoms with E-state index in [-0.39, 0.29) is 12.2 Å². The van der Waals surface area contributed by atoms with Crippen LogP contribution in [0.15, 0.2) is 0 Å². The minimum Gasteiger partial charge on any atom is -0.358 e. The van der Waals surface area contributed by atoms with Crippen LogP contribution in [0.3, 0.4) is 0 Å². The van der Waals surface area contributed by atoms with Gasteiger partial charge in [-0.05, 0) is 0 Å². The summed E-state index contributed by atoms with van der Waals surface area (Å²) in [4.78, 5) is 0. The summed E-state index contributed by atoms with van der Waals surface area (Å²) >= 11 is 0. The predicted molar refractivity (Wildman–Crippen MR) is 42.0 cm³/mol. The van der Waals surface area contributed by atoms with Crippen molar-refractivity contribution in [3.63, 3.8) is 0 Å². The van der Waals surface area contributed by atoms with E-state index in [1.807, 2.05) is 0 Å². The molecule has 2 unspecified atom stereocenters. The van der Waals surface area contributed by atoms with Gasteiger partial charge in [0.1, 0.15) is 12.2 Å². The molecule has 5 heteroatoms. The summed E-state index contributed by atoms with van der Waals surface area (Å²) < 4.78 is 10.1. The zero-order valence-electron chi connectivity index (χ0n) is 5.04. The molecule has 0 amide bonds. The van der Waals surface area contributed by atoms with Crippen molar-refractivity contribution >= 4 is 18.9 Å². The molecule has 3 nitrogen and oxygen atoms in total. The number of hydrogen-bond acceptors (Lipinski definition) is 3. The topological polar surface area (TPSA) is 30.5 Å². The van der Waals surface area contributed by atoms with Crippen molar-refractivity contribution in [2.75, 3.05) is 13.1 Å². The summed E-state index contributed by atoms with van der Waals surface area (Å²) in [6.07, 6.45) is 0.375. The van der Waals surface area contributed by atoms with Gasteiger partial charge in [-0.2, -0.15) is 0 Å². The molecule has 0 aromatic rings. The highest BCUT2D eigenvalue weighted by Gasteiger charge is 2.26. The molecule has 0 saturated carbocycles. The summed E-state index contributed by atoms with van der Waals surface area (Å²) in [7, 11) is 4.49. The molecule has 0 bridgehead atoms. The molecule has 0 spiro atoms. The first kappa shape index (κ1) is 7.84. The molecule has 0 aliphatic carbocycles. The SMILES string of the molecule is PO[C@H]1CNC[C@@H]1OP. The van der Waals surface area contributed by atoms with Gasteiger partial charge in [0, 0.05) is 32.0 Å². The maximum Gasteiger partial charge on any atom is 0.101 e. The first-order chi connectivity index (χ1) is 4.38. The molecule has 1 heterocycles. The van der Waals surface area contributed by atoms with E-state index in [1.54, 1.807) is 0 Å². The lowest BCUT2D eigenvalue weighted by Crippen LogP contribution is -2.24. The Labute approximate surface area is 59.4 Å². The maximum atomic E-state index is 5.03. The van der Waals surface area contributed by atoms with E-state index < -0.39 is 0 Å². The van der Waals surface area contributed by atoms with E-state index in [2.05, 4.69) is 24.3 Å². The van der Waals surface area contributed by atoms with E-state index in [1.165, 1.54) is 0 Å². The fourth-order valence-corrected chi connectivity index (χ4v) is 1.45. The van der Waals surface area contributed by atoms with Crippen molar-refractivity contribution in [3.05, 3.63) is 0 Å². The van der Waals surface area contributed by atoms with Crippen LogP contribution >= 0.6 is 18.9 Å². The van der Waals surface area contributed by atoms with E-state index in [0.717, 1.165) is 13.1 Å². The Hall–Kier alpha value is 0.740. The molecule has 0 aromatic carbocycles. The smallest absolute Gasteiger partial charge is 0.101 e. The Morgan fingerprint density at radius 2 is 1.56 bits per heavy atom. The van der Waals surface area contributed by atoms with Crippen LogP contribution < -0.4 is 5.32 Å². The van der Waals surface area contributed by atoms with Gasteiger partial charge in [0.05, 0.1) is 0 Å². The monoisotopic (exact) mass is 167 g/mol. The molecule has 1 rings (SSSR count). The van der Waals surface area contributed by atoms with Gasteiger partial charge >= 0.3 is 0 Å². The largest absolute Gasteiger partial charge is 0.358 e. The van der Waals surface area contributed by atoms with Gasteiger partial charge in [0.2, 0.25) is 0 Å². The normalized spacial score (nSPS) is 35.3. The van der Waals surface area contributed by atoms with E-state index in [9.17, 15) is 0 Å². The zero-order valence-corrected chi connectivity index (χ0v) is 7.35. The second-order valence-electron chi connectivity index (χ2n) is 2.01. The first-order valence-electron chi connectivity index (χ1n) is 2.80. The van der Waals surface area contributed by atoms with Gasteiger partial charge in [0.15, 0.2) is 0 Å². The molecule has 54 valence electrons. The third-order valence-corrected chi connectivity index (χ3v) is 2.15. The van der Waals surface area contributed by atoms with Gasteiger partial charge in [-0.1, -0.05) is 0 Å². The van der Waals surface area contributed by atoms with Crippen LogP contribution in [0.25, 0.3) is 0 Å². The van der Waals surface area contributed by atoms with Crippen LogP contribution in [0.1, 0.15) is 0 Å². The molecule has 1 aliphatic rings. The van der Waals surface area contributed by atoms with Gasteiger partial charge in [-0.15, -0.1) is 0 Å². The van der Waals surface area contributed by atoms with E-state index in [0.29, 0.717) is 0 Å². The molecule has 1 aliphatic heterocycles. The van der Waals surface area contributed by atoms with Gasteiger partial charge in [-0.25, -0.2) is 0 Å². The zero-order chi connectivity index (χ0) is 6.69. The minimum absolute atomic E-state index is 0.187. The highest BCUT2D eigenvalue weighted by molar-refractivity contribution is 7.10. The molecular weight excluding hydrogens is 156 g/mol. The Bertz CT molecular complexity index is 82.6. The van der Waals surface area contributed by atoms with Crippen LogP contribution in [-0.4, -0.2) is 25.3 Å². The Morgan fingerprint density at radius 1 is 1.11 bits per heavy atom. The number of rotatable bonds is 2. The van der Waals surface area contributed by atoms with Crippen molar-refractivity contribution in [2.45, 2.75) is 12.2 Å². The molecule has 9 heavy (non-hydrogen) atoms. The maximum absolute atomic E-state index is 5.03. The third kappa shape index (κ3) is 1.83. The molecule has 1 fully saturated rings. The van der Waals surface area contributed by atoms with Crippen LogP contribution in [-0.2, 0) is 9.05 Å². The summed E-state index contributed by atoms with van der Waals surface area (Å²) in [6, 6.07) is 0. The average Bonchev–Trinajstić information content (AvgIpc) is 2.33. The van der Waals surface area contributed by atoms with Gasteiger partial charge in [-0.3, -0.25) is 0 Å². The van der Waals surface area contributed by atoms with Crippen LogP contribution in [0.2, 0.25) is 0 Å². The Morgan fingerprint density at radius 3 is 1.89 bits per heavy atom. The molecule has 1 saturated heterocycles. The molecule has 0 aromatic heterocycles. The minimum atomic E-state index is 0.187. The predicted octanol–water partition coefficient (Wildman–Crippen LogP) is -0.0598. The first-order valence-corrected chi connectivity index (χ1v) is 3.74. The Kier molecular flexibility index (Phi) is 3.31. The van der Waals surface area contributed by atoms with Crippen molar-refractivity contribution in [1.82, 2.24) is 5.32 Å². The molecular formula is C4H11NO2P2. The summed E-state index contributed by atoms with van der Waals surface area (Å²) in [6.45, 7) is 1.76. The average molecular weight is 167 g/mol. The number of nitrogens with one attached hydrogen (secondary N) is 1. The lowest BCUT2D eigenvalue weighted by molar-refractivity contribution is 0.124. The van der Waals surface area contributed by atoms with Crippen molar-refractivity contribution in [3.8, 4) is 0 Å². The fraction of sp³-hybridized carbons (Fsp3) is 1.00. The van der Waals surface area contributed by atoms with E-state index in [4.69, 9.17) is 9.05 Å². The quantitative estimate of drug-likeness (QED) is 0.584. The number of hydrogen-bond donors (Lipinski definition) is 1. The molecule has 1 N–H and O–H groups in total. The standard InChI is InChI=1S/C4H11NO2P2/c8-6-3-1-5-2-4(3)7-9/h3-5H,1-2,8-9H2/t3-,4-/m0/s1. The molecule has 0 radical (unpaired) electrons. The van der Waals surface area contributed by atoms with Crippen LogP contribution in [0, 0.1) is 0 Å². The lowest BCUT2D eigenvalue weighted by atomic mass is 10.3. The lowest BCUT2D eigenvalue weighted by Gasteiger charge is -2.13. The van der Waals surface area contributed by atoms with Crippen LogP contribution in [0.4, 0.5) is 0 Å². The van der Waals surface area contributed by atoms with Crippen molar-refractivity contribution < 1.29 is 9.05 Å². The highest BCUT2D eigenvalue weighted by Crippen LogP contribution is 2.13. The van der Waals surface area contributed by atoms with Crippen LogP contribution in [0.5, 0.6) is 0 Å². The summed E-state index contributed by atoms with van der Waals surface area (Å²) in [5, 5.41) is 3.15. The summed E-state index contributed by atoms with van der Waals surface area (Å²) in [5.41, 5.74) is 0. The molecule has 4 atom stereocenters. The second kappa shape index (κ2) is 3.80. The van der Waals surface area contributed by atoms with Gasteiger partial charge < -0.3 is 14.4 Å². The van der Waals surface area contributed by atoms with E-state index >= 15 is 0 Å². The second-order valence-corrected chi connectivity index (χ2v) is 2.55. The highest BCUT2D eigenvalue weighted by atomic mass is 31.0. The van der Waals surface area contributed by atoms with Gasteiger partial charge in [0.25, 0.3) is 0 Å².